The molecule has 0 saturated carbocycles. The summed E-state index contributed by atoms with van der Waals surface area (Å²) in [4.78, 5) is 13.9. The van der Waals surface area contributed by atoms with Crippen LogP contribution in [-0.4, -0.2) is 41.0 Å². The van der Waals surface area contributed by atoms with Crippen LogP contribution in [-0.2, 0) is 11.3 Å². The number of hydrogen-bond acceptors (Lipinski definition) is 5. The predicted molar refractivity (Wildman–Crippen MR) is 131 cm³/mol. The Labute approximate surface area is 195 Å². The topological polar surface area (TPSA) is 81.4 Å². The van der Waals surface area contributed by atoms with Gasteiger partial charge < -0.3 is 10.1 Å². The van der Waals surface area contributed by atoms with Crippen molar-refractivity contribution >= 4 is 23.7 Å². The molecule has 3 aromatic rings. The van der Waals surface area contributed by atoms with Gasteiger partial charge in [-0.05, 0) is 37.3 Å². The van der Waals surface area contributed by atoms with Gasteiger partial charge in [-0.2, -0.15) is 0 Å². The molecule has 8 heteroatoms. The second kappa shape index (κ2) is 14.0. The third kappa shape index (κ3) is 6.40. The van der Waals surface area contributed by atoms with Gasteiger partial charge in [0, 0.05) is 23.2 Å². The number of ether oxygens (including phenoxy) is 1. The number of nitrogens with one attached hydrogen (secondary N) is 1. The van der Waals surface area contributed by atoms with Crippen LogP contribution in [0, 0.1) is 6.92 Å². The number of rotatable bonds is 3. The number of aryl methyl sites for hydroxylation is 1. The van der Waals surface area contributed by atoms with Crippen LogP contribution >= 0.6 is 11.6 Å². The van der Waals surface area contributed by atoms with E-state index in [1.165, 1.54) is 0 Å². The fraction of sp³-hybridized carbons (Fsp3) is 0.333. The van der Waals surface area contributed by atoms with E-state index in [4.69, 9.17) is 26.1 Å². The summed E-state index contributed by atoms with van der Waals surface area (Å²) in [5, 5.41) is 11.4. The van der Waals surface area contributed by atoms with Gasteiger partial charge >= 0.3 is 0 Å². The average Bonchev–Trinajstić information content (AvgIpc) is 3.14. The molecule has 172 valence electrons. The molecule has 0 atom stereocenters. The van der Waals surface area contributed by atoms with E-state index >= 15 is 0 Å². The number of halogens is 1. The van der Waals surface area contributed by atoms with Crippen LogP contribution in [0.5, 0.6) is 5.75 Å². The van der Waals surface area contributed by atoms with Crippen LogP contribution in [0.4, 0.5) is 0 Å². The lowest BCUT2D eigenvalue weighted by Gasteiger charge is -2.14. The number of carbonyl (C=O) groups is 1. The van der Waals surface area contributed by atoms with Crippen molar-refractivity contribution in [3.8, 4) is 11.4 Å². The van der Waals surface area contributed by atoms with Gasteiger partial charge in [-0.1, -0.05) is 51.4 Å². The summed E-state index contributed by atoms with van der Waals surface area (Å²) in [5.41, 5.74) is 3.88. The maximum atomic E-state index is 9.06. The number of aromatic nitrogens is 3. The second-order valence-electron chi connectivity index (χ2n) is 5.96. The SMILES string of the molecule is CC.CC.CNC=O.COc1ccc2c(c1)C(c1ccc(Cl)cc1)=NCc1nnc(C)n1-2. The molecule has 7 nitrogen and oxygen atoms in total. The van der Waals surface area contributed by atoms with Crippen molar-refractivity contribution in [2.75, 3.05) is 14.2 Å². The standard InChI is InChI=1S/C18H15ClN4O.C2H5NO.2C2H6/c1-11-21-22-17-10-20-18(12-3-5-13(19)6-4-12)15-9-14(24-2)7-8-16(15)23(11)17;1-3-2-4;2*1-2/h3-9H,10H2,1-2H3;2H,1H3,(H,3,4);2*1-2H3. The van der Waals surface area contributed by atoms with E-state index in [-0.39, 0.29) is 0 Å². The third-order valence-electron chi connectivity index (χ3n) is 4.21. The maximum absolute atomic E-state index is 9.06. The van der Waals surface area contributed by atoms with E-state index in [9.17, 15) is 0 Å². The molecular weight excluding hydrogens is 426 g/mol. The van der Waals surface area contributed by atoms with Crippen molar-refractivity contribution < 1.29 is 9.53 Å². The minimum absolute atomic E-state index is 0.468. The van der Waals surface area contributed by atoms with E-state index < -0.39 is 0 Å². The monoisotopic (exact) mass is 457 g/mol. The molecule has 0 aliphatic carbocycles. The Morgan fingerprint density at radius 2 is 1.69 bits per heavy atom. The Balaban J connectivity index is 0.000000568. The first kappa shape index (κ1) is 26.8. The maximum Gasteiger partial charge on any atom is 0.206 e. The number of amides is 1. The minimum Gasteiger partial charge on any atom is -0.497 e. The normalized spacial score (nSPS) is 10.7. The molecule has 1 aliphatic heterocycles. The Kier molecular flexibility index (Phi) is 11.7. The highest BCUT2D eigenvalue weighted by atomic mass is 35.5. The molecule has 0 saturated heterocycles. The number of nitrogens with zero attached hydrogens (tertiary/aromatic N) is 4. The minimum atomic E-state index is 0.468. The molecule has 1 N–H and O–H groups in total. The largest absolute Gasteiger partial charge is 0.497 e. The summed E-state index contributed by atoms with van der Waals surface area (Å²) in [6, 6.07) is 13.6. The summed E-state index contributed by atoms with van der Waals surface area (Å²) in [5.74, 6) is 2.44. The fourth-order valence-electron chi connectivity index (χ4n) is 2.94. The van der Waals surface area contributed by atoms with Gasteiger partial charge in [-0.15, -0.1) is 10.2 Å². The highest BCUT2D eigenvalue weighted by Gasteiger charge is 2.22. The summed E-state index contributed by atoms with van der Waals surface area (Å²) in [6.45, 7) is 10.4. The molecule has 0 bridgehead atoms. The highest BCUT2D eigenvalue weighted by Crippen LogP contribution is 2.29. The van der Waals surface area contributed by atoms with Gasteiger partial charge in [-0.3, -0.25) is 14.4 Å². The zero-order chi connectivity index (χ0) is 24.1. The molecular formula is C24H32ClN5O2. The number of aliphatic imine (C=N–C) groups is 1. The number of carbonyl (C=O) groups excluding carboxylic acids is 1. The van der Waals surface area contributed by atoms with Crippen LogP contribution in [0.3, 0.4) is 0 Å². The van der Waals surface area contributed by atoms with Crippen molar-refractivity contribution in [1.82, 2.24) is 20.1 Å². The first-order valence-electron chi connectivity index (χ1n) is 10.6. The van der Waals surface area contributed by atoms with E-state index in [0.717, 1.165) is 39.9 Å². The molecule has 0 radical (unpaired) electrons. The number of benzene rings is 2. The van der Waals surface area contributed by atoms with Gasteiger partial charge in [0.1, 0.15) is 18.1 Å². The van der Waals surface area contributed by atoms with Crippen LogP contribution in [0.15, 0.2) is 47.5 Å². The molecule has 0 unspecified atom stereocenters. The molecule has 0 spiro atoms. The van der Waals surface area contributed by atoms with Crippen molar-refractivity contribution in [2.24, 2.45) is 4.99 Å². The summed E-state index contributed by atoms with van der Waals surface area (Å²) >= 11 is 6.02. The first-order chi connectivity index (χ1) is 15.6. The zero-order valence-electron chi connectivity index (χ0n) is 19.8. The molecule has 2 aromatic carbocycles. The highest BCUT2D eigenvalue weighted by molar-refractivity contribution is 6.30. The summed E-state index contributed by atoms with van der Waals surface area (Å²) in [6.07, 6.45) is 0.625. The van der Waals surface area contributed by atoms with Gasteiger partial charge in [0.25, 0.3) is 0 Å². The number of hydrogen-bond donors (Lipinski definition) is 1. The van der Waals surface area contributed by atoms with Gasteiger partial charge in [-0.25, -0.2) is 0 Å². The second-order valence-corrected chi connectivity index (χ2v) is 6.40. The van der Waals surface area contributed by atoms with Crippen molar-refractivity contribution in [1.29, 1.82) is 0 Å². The smallest absolute Gasteiger partial charge is 0.206 e. The van der Waals surface area contributed by atoms with E-state index in [2.05, 4.69) is 15.5 Å². The Hall–Kier alpha value is -3.19. The van der Waals surface area contributed by atoms with Gasteiger partial charge in [0.05, 0.1) is 18.5 Å². The Morgan fingerprint density at radius 1 is 1.06 bits per heavy atom. The van der Waals surface area contributed by atoms with Crippen molar-refractivity contribution in [2.45, 2.75) is 41.2 Å². The fourth-order valence-corrected chi connectivity index (χ4v) is 3.06. The van der Waals surface area contributed by atoms with Crippen LogP contribution < -0.4 is 10.1 Å². The van der Waals surface area contributed by atoms with E-state index in [1.54, 1.807) is 14.2 Å². The third-order valence-corrected chi connectivity index (χ3v) is 4.46. The molecule has 1 amide bonds. The van der Waals surface area contributed by atoms with Crippen molar-refractivity contribution in [3.63, 3.8) is 0 Å². The van der Waals surface area contributed by atoms with E-state index in [0.29, 0.717) is 18.0 Å². The molecule has 32 heavy (non-hydrogen) atoms. The Bertz CT molecular complexity index is 1010. The molecule has 4 rings (SSSR count). The molecule has 0 fully saturated rings. The molecule has 1 aliphatic rings. The Morgan fingerprint density at radius 3 is 2.25 bits per heavy atom. The average molecular weight is 458 g/mol. The number of methoxy groups -OCH3 is 1. The summed E-state index contributed by atoms with van der Waals surface area (Å²) in [7, 11) is 3.22. The van der Waals surface area contributed by atoms with Crippen LogP contribution in [0.1, 0.15) is 50.5 Å². The summed E-state index contributed by atoms with van der Waals surface area (Å²) < 4.78 is 7.45. The lowest BCUT2D eigenvalue weighted by atomic mass is 10.00. The lowest BCUT2D eigenvalue weighted by Crippen LogP contribution is -2.08. The zero-order valence-corrected chi connectivity index (χ0v) is 20.6. The van der Waals surface area contributed by atoms with Crippen LogP contribution in [0.25, 0.3) is 5.69 Å². The van der Waals surface area contributed by atoms with E-state index in [1.807, 2.05) is 81.7 Å². The number of fused-ring (bicyclic) bond motifs is 3. The first-order valence-corrected chi connectivity index (χ1v) is 11.0. The van der Waals surface area contributed by atoms with Crippen molar-refractivity contribution in [3.05, 3.63) is 70.3 Å². The quantitative estimate of drug-likeness (QED) is 0.561. The van der Waals surface area contributed by atoms with Crippen LogP contribution in [0.2, 0.25) is 5.02 Å². The van der Waals surface area contributed by atoms with Gasteiger partial charge in [0.15, 0.2) is 5.82 Å². The predicted octanol–water partition coefficient (Wildman–Crippen LogP) is 5.00. The molecule has 1 aromatic heterocycles. The molecule has 2 heterocycles. The van der Waals surface area contributed by atoms with Gasteiger partial charge in [0.2, 0.25) is 6.41 Å². The lowest BCUT2D eigenvalue weighted by molar-refractivity contribution is -0.109.